The van der Waals surface area contributed by atoms with Crippen LogP contribution in [0.25, 0.3) is 0 Å². The normalized spacial score (nSPS) is 19.7. The van der Waals surface area contributed by atoms with E-state index in [0.29, 0.717) is 18.6 Å². The first kappa shape index (κ1) is 13.9. The molecule has 3 rings (SSSR count). The van der Waals surface area contributed by atoms with Crippen LogP contribution in [0.15, 0.2) is 5.38 Å². The third-order valence-electron chi connectivity index (χ3n) is 4.20. The SMILES string of the molecule is Cc1csc(CCNC(=O)N(C2CC2)C(C)C2CC2)n1. The number of urea groups is 1. The number of aryl methyl sites for hydroxylation is 1. The van der Waals surface area contributed by atoms with Crippen molar-refractivity contribution >= 4 is 17.4 Å². The van der Waals surface area contributed by atoms with Crippen molar-refractivity contribution in [2.75, 3.05) is 6.54 Å². The standard InChI is InChI=1S/C15H23N3OS/c1-10-9-20-14(17-10)7-8-16-15(19)18(13-5-6-13)11(2)12-3-4-12/h9,11-13H,3-8H2,1-2H3,(H,16,19). The number of hydrogen-bond donors (Lipinski definition) is 1. The van der Waals surface area contributed by atoms with Crippen molar-refractivity contribution in [1.29, 1.82) is 0 Å². The summed E-state index contributed by atoms with van der Waals surface area (Å²) in [4.78, 5) is 18.9. The third-order valence-corrected chi connectivity index (χ3v) is 5.23. The highest BCUT2D eigenvalue weighted by molar-refractivity contribution is 7.09. The molecule has 5 heteroatoms. The molecule has 110 valence electrons. The number of carbonyl (C=O) groups excluding carboxylic acids is 1. The monoisotopic (exact) mass is 293 g/mol. The van der Waals surface area contributed by atoms with Gasteiger partial charge in [-0.15, -0.1) is 11.3 Å². The molecule has 20 heavy (non-hydrogen) atoms. The van der Waals surface area contributed by atoms with Crippen molar-refractivity contribution in [1.82, 2.24) is 15.2 Å². The van der Waals surface area contributed by atoms with Gasteiger partial charge in [-0.25, -0.2) is 9.78 Å². The van der Waals surface area contributed by atoms with E-state index in [2.05, 4.69) is 27.5 Å². The lowest BCUT2D eigenvalue weighted by Gasteiger charge is -2.29. The fraction of sp³-hybridized carbons (Fsp3) is 0.733. The van der Waals surface area contributed by atoms with Gasteiger partial charge in [-0.1, -0.05) is 0 Å². The first-order chi connectivity index (χ1) is 9.65. The summed E-state index contributed by atoms with van der Waals surface area (Å²) in [5.74, 6) is 0.739. The number of amides is 2. The van der Waals surface area contributed by atoms with E-state index in [1.54, 1.807) is 11.3 Å². The molecule has 1 heterocycles. The Hall–Kier alpha value is -1.10. The van der Waals surface area contributed by atoms with Gasteiger partial charge in [-0.05, 0) is 45.4 Å². The van der Waals surface area contributed by atoms with Gasteiger partial charge >= 0.3 is 6.03 Å². The molecule has 0 aromatic carbocycles. The Morgan fingerprint density at radius 3 is 2.80 bits per heavy atom. The van der Waals surface area contributed by atoms with Gasteiger partial charge in [-0.3, -0.25) is 0 Å². The predicted octanol–water partition coefficient (Wildman–Crippen LogP) is 2.97. The van der Waals surface area contributed by atoms with Gasteiger partial charge in [0.25, 0.3) is 0 Å². The molecule has 0 aliphatic heterocycles. The van der Waals surface area contributed by atoms with Crippen LogP contribution < -0.4 is 5.32 Å². The molecular weight excluding hydrogens is 270 g/mol. The summed E-state index contributed by atoms with van der Waals surface area (Å²) < 4.78 is 0. The number of nitrogens with one attached hydrogen (secondary N) is 1. The lowest BCUT2D eigenvalue weighted by molar-refractivity contribution is 0.167. The van der Waals surface area contributed by atoms with Crippen molar-refractivity contribution in [2.45, 2.75) is 58.0 Å². The number of nitrogens with zero attached hydrogens (tertiary/aromatic N) is 2. The Balaban J connectivity index is 1.49. The van der Waals surface area contributed by atoms with Crippen LogP contribution in [0.3, 0.4) is 0 Å². The van der Waals surface area contributed by atoms with Gasteiger partial charge in [0.1, 0.15) is 0 Å². The van der Waals surface area contributed by atoms with E-state index in [-0.39, 0.29) is 6.03 Å². The first-order valence-corrected chi connectivity index (χ1v) is 8.50. The van der Waals surface area contributed by atoms with Crippen molar-refractivity contribution in [2.24, 2.45) is 5.92 Å². The Morgan fingerprint density at radius 1 is 1.50 bits per heavy atom. The van der Waals surface area contributed by atoms with Gasteiger partial charge in [0.05, 0.1) is 5.01 Å². The maximum absolute atomic E-state index is 12.4. The molecule has 2 saturated carbocycles. The fourth-order valence-electron chi connectivity index (χ4n) is 2.73. The van der Waals surface area contributed by atoms with Gasteiger partial charge in [0.2, 0.25) is 0 Å². The Kier molecular flexibility index (Phi) is 3.96. The molecule has 0 saturated heterocycles. The van der Waals surface area contributed by atoms with E-state index in [1.807, 2.05) is 6.92 Å². The summed E-state index contributed by atoms with van der Waals surface area (Å²) in [5, 5.41) is 6.24. The zero-order chi connectivity index (χ0) is 14.1. The van der Waals surface area contributed by atoms with Crippen LogP contribution in [0, 0.1) is 12.8 Å². The summed E-state index contributed by atoms with van der Waals surface area (Å²) in [6.45, 7) is 4.90. The van der Waals surface area contributed by atoms with E-state index in [4.69, 9.17) is 0 Å². The van der Waals surface area contributed by atoms with E-state index in [0.717, 1.165) is 23.0 Å². The second-order valence-corrected chi connectivity index (χ2v) is 7.02. The zero-order valence-corrected chi connectivity index (χ0v) is 13.1. The highest BCUT2D eigenvalue weighted by Gasteiger charge is 2.41. The molecule has 1 aromatic heterocycles. The fourth-order valence-corrected chi connectivity index (χ4v) is 3.50. The smallest absolute Gasteiger partial charge is 0.317 e. The Morgan fingerprint density at radius 2 is 2.25 bits per heavy atom. The molecule has 0 spiro atoms. The van der Waals surface area contributed by atoms with E-state index < -0.39 is 0 Å². The largest absolute Gasteiger partial charge is 0.338 e. The van der Waals surface area contributed by atoms with Crippen LogP contribution in [0.2, 0.25) is 0 Å². The minimum absolute atomic E-state index is 0.125. The number of thiazole rings is 1. The number of carbonyl (C=O) groups is 1. The van der Waals surface area contributed by atoms with Gasteiger partial charge in [-0.2, -0.15) is 0 Å². The molecule has 2 fully saturated rings. The Labute approximate surface area is 124 Å². The van der Waals surface area contributed by atoms with Crippen LogP contribution in [-0.2, 0) is 6.42 Å². The predicted molar refractivity (Wildman–Crippen MR) is 81.0 cm³/mol. The number of hydrogen-bond acceptors (Lipinski definition) is 3. The molecule has 2 amide bonds. The highest BCUT2D eigenvalue weighted by atomic mass is 32.1. The van der Waals surface area contributed by atoms with Crippen LogP contribution in [-0.4, -0.2) is 34.5 Å². The minimum atomic E-state index is 0.125. The summed E-state index contributed by atoms with van der Waals surface area (Å²) in [6, 6.07) is 1.03. The summed E-state index contributed by atoms with van der Waals surface area (Å²) in [5.41, 5.74) is 1.07. The van der Waals surface area contributed by atoms with E-state index in [1.165, 1.54) is 25.7 Å². The number of rotatable bonds is 6. The zero-order valence-electron chi connectivity index (χ0n) is 12.3. The van der Waals surface area contributed by atoms with Crippen LogP contribution in [0.4, 0.5) is 4.79 Å². The van der Waals surface area contributed by atoms with Crippen LogP contribution >= 0.6 is 11.3 Å². The second-order valence-electron chi connectivity index (χ2n) is 6.08. The lowest BCUT2D eigenvalue weighted by Crippen LogP contribution is -2.47. The van der Waals surface area contributed by atoms with Gasteiger partial charge in [0.15, 0.2) is 0 Å². The van der Waals surface area contributed by atoms with Crippen molar-refractivity contribution < 1.29 is 4.79 Å². The van der Waals surface area contributed by atoms with Crippen molar-refractivity contribution in [3.63, 3.8) is 0 Å². The number of aromatic nitrogens is 1. The lowest BCUT2D eigenvalue weighted by atomic mass is 10.2. The highest BCUT2D eigenvalue weighted by Crippen LogP contribution is 2.39. The van der Waals surface area contributed by atoms with Crippen LogP contribution in [0.1, 0.15) is 43.3 Å². The molecule has 0 radical (unpaired) electrons. The van der Waals surface area contributed by atoms with Gasteiger partial charge in [0, 0.05) is 36.1 Å². The van der Waals surface area contributed by atoms with Gasteiger partial charge < -0.3 is 10.2 Å². The maximum Gasteiger partial charge on any atom is 0.317 e. The molecule has 1 atom stereocenters. The Bertz CT molecular complexity index is 479. The third kappa shape index (κ3) is 3.32. The minimum Gasteiger partial charge on any atom is -0.338 e. The average molecular weight is 293 g/mol. The van der Waals surface area contributed by atoms with Crippen LogP contribution in [0.5, 0.6) is 0 Å². The molecular formula is C15H23N3OS. The molecule has 1 unspecified atom stereocenters. The van der Waals surface area contributed by atoms with Crippen molar-refractivity contribution in [3.05, 3.63) is 16.1 Å². The summed E-state index contributed by atoms with van der Waals surface area (Å²) in [6.07, 6.45) is 5.76. The second kappa shape index (κ2) is 5.72. The molecule has 1 N–H and O–H groups in total. The average Bonchev–Trinajstić information content (AvgIpc) is 3.30. The quantitative estimate of drug-likeness (QED) is 0.876. The maximum atomic E-state index is 12.4. The van der Waals surface area contributed by atoms with E-state index in [9.17, 15) is 4.79 Å². The molecule has 2 aliphatic carbocycles. The topological polar surface area (TPSA) is 45.2 Å². The molecule has 0 bridgehead atoms. The first-order valence-electron chi connectivity index (χ1n) is 7.62. The molecule has 4 nitrogen and oxygen atoms in total. The van der Waals surface area contributed by atoms with Crippen molar-refractivity contribution in [3.8, 4) is 0 Å². The van der Waals surface area contributed by atoms with E-state index >= 15 is 0 Å². The summed E-state index contributed by atoms with van der Waals surface area (Å²) >= 11 is 1.67. The summed E-state index contributed by atoms with van der Waals surface area (Å²) in [7, 11) is 0. The molecule has 2 aliphatic rings. The molecule has 1 aromatic rings.